The maximum Gasteiger partial charge on any atom is 0.257 e. The van der Waals surface area contributed by atoms with Gasteiger partial charge in [-0.2, -0.15) is 0 Å². The Bertz CT molecular complexity index is 1040. The van der Waals surface area contributed by atoms with E-state index in [1.165, 1.54) is 24.5 Å². The van der Waals surface area contributed by atoms with Crippen molar-refractivity contribution in [1.29, 1.82) is 0 Å². The highest BCUT2D eigenvalue weighted by molar-refractivity contribution is 6.30. The Morgan fingerprint density at radius 2 is 1.75 bits per heavy atom. The van der Waals surface area contributed by atoms with Crippen LogP contribution in [-0.4, -0.2) is 16.8 Å². The Morgan fingerprint density at radius 3 is 2.46 bits per heavy atom. The molecule has 1 heterocycles. The second-order valence-corrected chi connectivity index (χ2v) is 6.59. The quantitative estimate of drug-likeness (QED) is 0.671. The first-order valence-electron chi connectivity index (χ1n) is 8.48. The first kappa shape index (κ1) is 19.5. The summed E-state index contributed by atoms with van der Waals surface area (Å²) < 4.78 is 13.7. The fourth-order valence-corrected chi connectivity index (χ4v) is 2.80. The molecule has 7 heteroatoms. The summed E-state index contributed by atoms with van der Waals surface area (Å²) in [5, 5.41) is 5.96. The third-order valence-corrected chi connectivity index (χ3v) is 4.33. The average Bonchev–Trinajstić information content (AvgIpc) is 2.69. The Hall–Kier alpha value is -3.25. The van der Waals surface area contributed by atoms with E-state index in [9.17, 15) is 14.0 Å². The largest absolute Gasteiger partial charge is 0.348 e. The lowest BCUT2D eigenvalue weighted by Crippen LogP contribution is -2.24. The number of amides is 2. The van der Waals surface area contributed by atoms with Gasteiger partial charge in [0.15, 0.2) is 0 Å². The van der Waals surface area contributed by atoms with Crippen molar-refractivity contribution in [2.75, 3.05) is 5.32 Å². The number of carbonyl (C=O) groups is 2. The van der Waals surface area contributed by atoms with E-state index in [0.29, 0.717) is 16.3 Å². The SMILES string of the molecule is Cc1cc(Cl)ccc1NC(=O)c1cncc(C(=O)NCc2ccccc2F)c1. The lowest BCUT2D eigenvalue weighted by Gasteiger charge is -2.10. The summed E-state index contributed by atoms with van der Waals surface area (Å²) in [5.41, 5.74) is 2.23. The van der Waals surface area contributed by atoms with Crippen LogP contribution >= 0.6 is 11.6 Å². The number of hydrogen-bond donors (Lipinski definition) is 2. The fourth-order valence-electron chi connectivity index (χ4n) is 2.57. The van der Waals surface area contributed by atoms with Gasteiger partial charge in [-0.15, -0.1) is 0 Å². The average molecular weight is 398 g/mol. The summed E-state index contributed by atoms with van der Waals surface area (Å²) in [6.07, 6.45) is 2.72. The lowest BCUT2D eigenvalue weighted by atomic mass is 10.1. The number of pyridine rings is 1. The number of rotatable bonds is 5. The number of hydrogen-bond acceptors (Lipinski definition) is 3. The molecule has 142 valence electrons. The number of carbonyl (C=O) groups excluding carboxylic acids is 2. The van der Waals surface area contributed by atoms with Crippen LogP contribution in [-0.2, 0) is 6.54 Å². The Balaban J connectivity index is 1.69. The number of aryl methyl sites for hydroxylation is 1. The van der Waals surface area contributed by atoms with Gasteiger partial charge in [-0.1, -0.05) is 29.8 Å². The van der Waals surface area contributed by atoms with Crippen LogP contribution in [0.5, 0.6) is 0 Å². The van der Waals surface area contributed by atoms with Gasteiger partial charge in [-0.05, 0) is 42.8 Å². The van der Waals surface area contributed by atoms with E-state index in [-0.39, 0.29) is 17.7 Å². The van der Waals surface area contributed by atoms with Crippen LogP contribution in [0.4, 0.5) is 10.1 Å². The van der Waals surface area contributed by atoms with Gasteiger partial charge in [0.05, 0.1) is 11.1 Å². The molecule has 0 saturated carbocycles. The van der Waals surface area contributed by atoms with Gasteiger partial charge >= 0.3 is 0 Å². The minimum Gasteiger partial charge on any atom is -0.348 e. The maximum atomic E-state index is 13.7. The zero-order chi connectivity index (χ0) is 20.1. The van der Waals surface area contributed by atoms with E-state index < -0.39 is 17.6 Å². The predicted molar refractivity (Wildman–Crippen MR) is 106 cm³/mol. The number of aromatic nitrogens is 1. The van der Waals surface area contributed by atoms with E-state index in [4.69, 9.17) is 11.6 Å². The van der Waals surface area contributed by atoms with Crippen LogP contribution in [0.25, 0.3) is 0 Å². The van der Waals surface area contributed by atoms with Crippen molar-refractivity contribution in [2.24, 2.45) is 0 Å². The third kappa shape index (κ3) is 4.72. The molecule has 5 nitrogen and oxygen atoms in total. The fraction of sp³-hybridized carbons (Fsp3) is 0.0952. The molecule has 0 radical (unpaired) electrons. The highest BCUT2D eigenvalue weighted by Gasteiger charge is 2.13. The monoisotopic (exact) mass is 397 g/mol. The minimum absolute atomic E-state index is 0.0336. The standard InChI is InChI=1S/C21H17ClFN3O2/c1-13-8-17(22)6-7-19(13)26-21(28)16-9-15(10-24-11-16)20(27)25-12-14-4-2-3-5-18(14)23/h2-11H,12H2,1H3,(H,25,27)(H,26,28). The first-order valence-corrected chi connectivity index (χ1v) is 8.86. The van der Waals surface area contributed by atoms with Gasteiger partial charge in [0.1, 0.15) is 5.82 Å². The summed E-state index contributed by atoms with van der Waals surface area (Å²) in [5.74, 6) is -1.25. The molecular formula is C21H17ClFN3O2. The van der Waals surface area contributed by atoms with Crippen molar-refractivity contribution in [3.63, 3.8) is 0 Å². The van der Waals surface area contributed by atoms with Crippen LogP contribution in [0.2, 0.25) is 5.02 Å². The maximum absolute atomic E-state index is 13.7. The van der Waals surface area contributed by atoms with Crippen molar-refractivity contribution in [3.8, 4) is 0 Å². The molecule has 2 amide bonds. The summed E-state index contributed by atoms with van der Waals surface area (Å²) >= 11 is 5.92. The number of halogens is 2. The van der Waals surface area contributed by atoms with E-state index in [1.807, 2.05) is 6.92 Å². The second kappa shape index (κ2) is 8.63. The third-order valence-electron chi connectivity index (χ3n) is 4.10. The minimum atomic E-state index is -0.451. The molecule has 0 atom stereocenters. The topological polar surface area (TPSA) is 71.1 Å². The Kier molecular flexibility index (Phi) is 6.01. The first-order chi connectivity index (χ1) is 13.4. The molecule has 0 aliphatic rings. The molecule has 2 N–H and O–H groups in total. The molecule has 1 aromatic heterocycles. The molecule has 0 fully saturated rings. The molecule has 0 aliphatic heterocycles. The number of benzene rings is 2. The number of nitrogens with one attached hydrogen (secondary N) is 2. The highest BCUT2D eigenvalue weighted by Crippen LogP contribution is 2.20. The zero-order valence-electron chi connectivity index (χ0n) is 15.0. The predicted octanol–water partition coefficient (Wildman–Crippen LogP) is 4.36. The summed E-state index contributed by atoms with van der Waals surface area (Å²) in [4.78, 5) is 28.8. The second-order valence-electron chi connectivity index (χ2n) is 6.15. The molecule has 0 bridgehead atoms. The molecule has 2 aromatic carbocycles. The molecule has 0 spiro atoms. The normalized spacial score (nSPS) is 10.4. The van der Waals surface area contributed by atoms with Crippen molar-refractivity contribution in [3.05, 3.63) is 94.0 Å². The van der Waals surface area contributed by atoms with E-state index in [0.717, 1.165) is 5.56 Å². The van der Waals surface area contributed by atoms with Crippen LogP contribution in [0.15, 0.2) is 60.9 Å². The van der Waals surface area contributed by atoms with Gasteiger partial charge in [-0.25, -0.2) is 4.39 Å². The number of nitrogens with zero attached hydrogens (tertiary/aromatic N) is 1. The summed E-state index contributed by atoms with van der Waals surface area (Å²) in [7, 11) is 0. The molecular weight excluding hydrogens is 381 g/mol. The van der Waals surface area contributed by atoms with Gasteiger partial charge in [0.25, 0.3) is 11.8 Å². The van der Waals surface area contributed by atoms with Gasteiger partial charge in [-0.3, -0.25) is 14.6 Å². The smallest absolute Gasteiger partial charge is 0.257 e. The van der Waals surface area contributed by atoms with Crippen LogP contribution in [0.3, 0.4) is 0 Å². The van der Waals surface area contributed by atoms with Gasteiger partial charge < -0.3 is 10.6 Å². The Labute approximate surface area is 166 Å². The van der Waals surface area contributed by atoms with E-state index >= 15 is 0 Å². The summed E-state index contributed by atoms with van der Waals surface area (Å²) in [6.45, 7) is 1.86. The van der Waals surface area contributed by atoms with Crippen molar-refractivity contribution >= 4 is 29.1 Å². The van der Waals surface area contributed by atoms with Gasteiger partial charge in [0.2, 0.25) is 0 Å². The van der Waals surface area contributed by atoms with Crippen molar-refractivity contribution in [1.82, 2.24) is 10.3 Å². The lowest BCUT2D eigenvalue weighted by molar-refractivity contribution is 0.0950. The van der Waals surface area contributed by atoms with E-state index in [1.54, 1.807) is 36.4 Å². The Morgan fingerprint density at radius 1 is 1.04 bits per heavy atom. The molecule has 28 heavy (non-hydrogen) atoms. The molecule has 3 rings (SSSR count). The molecule has 0 saturated heterocycles. The van der Waals surface area contributed by atoms with Crippen LogP contribution in [0.1, 0.15) is 31.8 Å². The van der Waals surface area contributed by atoms with Crippen molar-refractivity contribution < 1.29 is 14.0 Å². The van der Waals surface area contributed by atoms with Gasteiger partial charge in [0, 0.05) is 35.2 Å². The molecule has 0 unspecified atom stereocenters. The zero-order valence-corrected chi connectivity index (χ0v) is 15.8. The van der Waals surface area contributed by atoms with Crippen molar-refractivity contribution in [2.45, 2.75) is 13.5 Å². The highest BCUT2D eigenvalue weighted by atomic mass is 35.5. The molecule has 3 aromatic rings. The van der Waals surface area contributed by atoms with Crippen LogP contribution < -0.4 is 10.6 Å². The molecule has 0 aliphatic carbocycles. The summed E-state index contributed by atoms with van der Waals surface area (Å²) in [6, 6.07) is 12.7. The number of anilines is 1. The van der Waals surface area contributed by atoms with E-state index in [2.05, 4.69) is 15.6 Å². The van der Waals surface area contributed by atoms with Crippen LogP contribution in [0, 0.1) is 12.7 Å².